The SMILES string of the molecule is COc1cc(CCn2cnc3ccc(-c4noc(C)n4)cc3c2=O)cc(OC)c1. The van der Waals surface area contributed by atoms with Crippen molar-refractivity contribution in [3.8, 4) is 22.9 Å². The van der Waals surface area contributed by atoms with E-state index in [2.05, 4.69) is 15.1 Å². The van der Waals surface area contributed by atoms with Crippen LogP contribution in [0.15, 0.2) is 52.0 Å². The molecule has 0 spiro atoms. The normalized spacial score (nSPS) is 11.0. The molecule has 148 valence electrons. The topological polar surface area (TPSA) is 92.3 Å². The zero-order chi connectivity index (χ0) is 20.4. The van der Waals surface area contributed by atoms with Gasteiger partial charge in [0.1, 0.15) is 11.5 Å². The molecule has 8 nitrogen and oxygen atoms in total. The number of aryl methyl sites for hydroxylation is 3. The van der Waals surface area contributed by atoms with Gasteiger partial charge in [-0.15, -0.1) is 0 Å². The summed E-state index contributed by atoms with van der Waals surface area (Å²) in [6, 6.07) is 11.0. The van der Waals surface area contributed by atoms with Gasteiger partial charge in [0.2, 0.25) is 11.7 Å². The Hall–Kier alpha value is -3.68. The predicted molar refractivity (Wildman–Crippen MR) is 107 cm³/mol. The number of nitrogens with zero attached hydrogens (tertiary/aromatic N) is 4. The molecule has 2 aromatic heterocycles. The first-order valence-corrected chi connectivity index (χ1v) is 9.09. The maximum absolute atomic E-state index is 13.0. The van der Waals surface area contributed by atoms with E-state index in [-0.39, 0.29) is 5.56 Å². The monoisotopic (exact) mass is 392 g/mol. The van der Waals surface area contributed by atoms with Crippen molar-refractivity contribution in [2.45, 2.75) is 19.9 Å². The van der Waals surface area contributed by atoms with E-state index in [9.17, 15) is 4.79 Å². The lowest BCUT2D eigenvalue weighted by molar-refractivity contribution is 0.393. The summed E-state index contributed by atoms with van der Waals surface area (Å²) in [4.78, 5) is 21.6. The average molecular weight is 392 g/mol. The number of benzene rings is 2. The van der Waals surface area contributed by atoms with Gasteiger partial charge in [-0.3, -0.25) is 9.36 Å². The van der Waals surface area contributed by atoms with Gasteiger partial charge in [-0.1, -0.05) is 5.16 Å². The lowest BCUT2D eigenvalue weighted by Crippen LogP contribution is -2.21. The van der Waals surface area contributed by atoms with Gasteiger partial charge >= 0.3 is 0 Å². The highest BCUT2D eigenvalue weighted by atomic mass is 16.5. The van der Waals surface area contributed by atoms with Crippen LogP contribution in [-0.4, -0.2) is 33.9 Å². The van der Waals surface area contributed by atoms with Gasteiger partial charge in [0.05, 0.1) is 31.4 Å². The molecule has 0 atom stereocenters. The maximum Gasteiger partial charge on any atom is 0.261 e. The Balaban J connectivity index is 1.64. The quantitative estimate of drug-likeness (QED) is 0.498. The molecule has 29 heavy (non-hydrogen) atoms. The second kappa shape index (κ2) is 7.75. The Bertz CT molecular complexity index is 1210. The Labute approximate surface area is 166 Å². The fourth-order valence-electron chi connectivity index (χ4n) is 3.13. The molecule has 0 bridgehead atoms. The van der Waals surface area contributed by atoms with Gasteiger partial charge in [0, 0.05) is 25.1 Å². The zero-order valence-electron chi connectivity index (χ0n) is 16.4. The summed E-state index contributed by atoms with van der Waals surface area (Å²) in [6.07, 6.45) is 2.20. The fourth-order valence-corrected chi connectivity index (χ4v) is 3.13. The Morgan fingerprint density at radius 3 is 2.48 bits per heavy atom. The Kier molecular flexibility index (Phi) is 4.99. The second-order valence-corrected chi connectivity index (χ2v) is 6.58. The molecule has 8 heteroatoms. The van der Waals surface area contributed by atoms with Crippen LogP contribution >= 0.6 is 0 Å². The molecule has 0 saturated heterocycles. The van der Waals surface area contributed by atoms with Crippen molar-refractivity contribution in [3.63, 3.8) is 0 Å². The van der Waals surface area contributed by atoms with Gasteiger partial charge in [0.25, 0.3) is 5.56 Å². The largest absolute Gasteiger partial charge is 0.497 e. The number of fused-ring (bicyclic) bond motifs is 1. The van der Waals surface area contributed by atoms with E-state index >= 15 is 0 Å². The number of ether oxygens (including phenoxy) is 2. The summed E-state index contributed by atoms with van der Waals surface area (Å²) < 4.78 is 17.2. The molecule has 2 aromatic carbocycles. The number of methoxy groups -OCH3 is 2. The highest BCUT2D eigenvalue weighted by Gasteiger charge is 2.11. The minimum Gasteiger partial charge on any atom is -0.497 e. The summed E-state index contributed by atoms with van der Waals surface area (Å²) >= 11 is 0. The standard InChI is InChI=1S/C21H20N4O4/c1-13-23-20(24-29-13)15-4-5-19-18(10-15)21(26)25(12-22-19)7-6-14-8-16(27-2)11-17(9-14)28-3/h4-5,8-12H,6-7H2,1-3H3. The van der Waals surface area contributed by atoms with Crippen LogP contribution in [0.5, 0.6) is 11.5 Å². The highest BCUT2D eigenvalue weighted by Crippen LogP contribution is 2.23. The summed E-state index contributed by atoms with van der Waals surface area (Å²) in [5.74, 6) is 2.34. The molecule has 0 fully saturated rings. The molecular weight excluding hydrogens is 372 g/mol. The first-order valence-electron chi connectivity index (χ1n) is 9.09. The van der Waals surface area contributed by atoms with E-state index in [0.717, 1.165) is 5.56 Å². The lowest BCUT2D eigenvalue weighted by Gasteiger charge is -2.10. The van der Waals surface area contributed by atoms with Crippen LogP contribution in [0.4, 0.5) is 0 Å². The smallest absolute Gasteiger partial charge is 0.261 e. The van der Waals surface area contributed by atoms with Crippen LogP contribution in [0.25, 0.3) is 22.3 Å². The molecule has 2 heterocycles. The van der Waals surface area contributed by atoms with Gasteiger partial charge < -0.3 is 14.0 Å². The number of hydrogen-bond acceptors (Lipinski definition) is 7. The van der Waals surface area contributed by atoms with Crippen LogP contribution in [0.2, 0.25) is 0 Å². The van der Waals surface area contributed by atoms with E-state index in [0.29, 0.717) is 52.6 Å². The molecule has 4 rings (SSSR count). The van der Waals surface area contributed by atoms with Gasteiger partial charge in [-0.05, 0) is 42.3 Å². The summed E-state index contributed by atoms with van der Waals surface area (Å²) in [5, 5.41) is 4.42. The average Bonchev–Trinajstić information content (AvgIpc) is 3.19. The van der Waals surface area contributed by atoms with Crippen LogP contribution in [0, 0.1) is 6.92 Å². The highest BCUT2D eigenvalue weighted by molar-refractivity contribution is 5.82. The van der Waals surface area contributed by atoms with E-state index in [4.69, 9.17) is 14.0 Å². The van der Waals surface area contributed by atoms with Crippen molar-refractivity contribution in [1.29, 1.82) is 0 Å². The molecule has 0 radical (unpaired) electrons. The van der Waals surface area contributed by atoms with Crippen molar-refractivity contribution >= 4 is 10.9 Å². The van der Waals surface area contributed by atoms with Crippen molar-refractivity contribution < 1.29 is 14.0 Å². The summed E-state index contributed by atoms with van der Waals surface area (Å²) in [6.45, 7) is 2.20. The molecule has 4 aromatic rings. The summed E-state index contributed by atoms with van der Waals surface area (Å²) in [5.41, 5.74) is 2.22. The molecule has 0 unspecified atom stereocenters. The predicted octanol–water partition coefficient (Wildman–Crippen LogP) is 3.01. The zero-order valence-corrected chi connectivity index (χ0v) is 16.4. The van der Waals surface area contributed by atoms with Gasteiger partial charge in [-0.25, -0.2) is 4.98 Å². The number of hydrogen-bond donors (Lipinski definition) is 0. The molecule has 0 aliphatic rings. The van der Waals surface area contributed by atoms with Crippen LogP contribution in [0.1, 0.15) is 11.5 Å². The Morgan fingerprint density at radius 2 is 1.83 bits per heavy atom. The minimum absolute atomic E-state index is 0.119. The van der Waals surface area contributed by atoms with Crippen LogP contribution in [0.3, 0.4) is 0 Å². The third-order valence-electron chi connectivity index (χ3n) is 4.66. The first kappa shape index (κ1) is 18.7. The lowest BCUT2D eigenvalue weighted by atomic mass is 10.1. The van der Waals surface area contributed by atoms with E-state index in [1.165, 1.54) is 0 Å². The van der Waals surface area contributed by atoms with Gasteiger partial charge in [-0.2, -0.15) is 4.98 Å². The van der Waals surface area contributed by atoms with Crippen molar-refractivity contribution in [2.75, 3.05) is 14.2 Å². The number of rotatable bonds is 6. The minimum atomic E-state index is -0.119. The van der Waals surface area contributed by atoms with Crippen molar-refractivity contribution in [2.24, 2.45) is 0 Å². The van der Waals surface area contributed by atoms with Crippen molar-refractivity contribution in [1.82, 2.24) is 19.7 Å². The molecule has 0 aliphatic heterocycles. The van der Waals surface area contributed by atoms with E-state index in [1.54, 1.807) is 44.2 Å². The second-order valence-electron chi connectivity index (χ2n) is 6.58. The molecular formula is C21H20N4O4. The number of aromatic nitrogens is 4. The molecule has 0 saturated carbocycles. The molecule has 0 amide bonds. The first-order chi connectivity index (χ1) is 14.1. The van der Waals surface area contributed by atoms with Gasteiger partial charge in [0.15, 0.2) is 0 Å². The third-order valence-corrected chi connectivity index (χ3v) is 4.66. The van der Waals surface area contributed by atoms with Crippen molar-refractivity contribution in [3.05, 3.63) is 64.5 Å². The maximum atomic E-state index is 13.0. The third kappa shape index (κ3) is 3.82. The Morgan fingerprint density at radius 1 is 1.07 bits per heavy atom. The summed E-state index contributed by atoms with van der Waals surface area (Å²) in [7, 11) is 3.22. The molecule has 0 aliphatic carbocycles. The fraction of sp³-hybridized carbons (Fsp3) is 0.238. The van der Waals surface area contributed by atoms with Crippen LogP contribution in [-0.2, 0) is 13.0 Å². The van der Waals surface area contributed by atoms with Crippen LogP contribution < -0.4 is 15.0 Å². The molecule has 0 N–H and O–H groups in total. The van der Waals surface area contributed by atoms with E-state index in [1.807, 2.05) is 24.3 Å². The van der Waals surface area contributed by atoms with E-state index < -0.39 is 0 Å².